The third kappa shape index (κ3) is 32.1. The van der Waals surface area contributed by atoms with Gasteiger partial charge in [-0.1, -0.05) is 111 Å². The van der Waals surface area contributed by atoms with E-state index in [2.05, 4.69) is 36.1 Å². The van der Waals surface area contributed by atoms with E-state index in [1.807, 2.05) is 0 Å². The number of ether oxygens (including phenoxy) is 2. The molecule has 0 radical (unpaired) electrons. The summed E-state index contributed by atoms with van der Waals surface area (Å²) in [5, 5.41) is 15.6. The molecule has 0 rings (SSSR count). The monoisotopic (exact) mass is 684 g/mol. The summed E-state index contributed by atoms with van der Waals surface area (Å²) in [7, 11) is 0. The maximum absolute atomic E-state index is 12.4. The summed E-state index contributed by atoms with van der Waals surface area (Å²) >= 11 is 0. The van der Waals surface area contributed by atoms with Crippen LogP contribution < -0.4 is 11.1 Å². The van der Waals surface area contributed by atoms with Crippen LogP contribution in [-0.4, -0.2) is 66.7 Å². The number of nitrogens with one attached hydrogen (secondary N) is 1. The number of nitrogens with two attached hydrogens (primary N) is 1. The zero-order valence-electron chi connectivity index (χ0n) is 31.2. The first kappa shape index (κ1) is 45.6. The van der Waals surface area contributed by atoms with Gasteiger partial charge in [-0.3, -0.25) is 9.59 Å². The number of nitro groups is 1. The molecule has 1 unspecified atom stereocenters. The third-order valence-electron chi connectivity index (χ3n) is 8.68. The Hall–Kier alpha value is -2.43. The van der Waals surface area contributed by atoms with E-state index in [0.29, 0.717) is 26.0 Å². The minimum atomic E-state index is -0.797. The van der Waals surface area contributed by atoms with E-state index in [0.717, 1.165) is 135 Å². The fourth-order valence-electron chi connectivity index (χ4n) is 5.77. The summed E-state index contributed by atoms with van der Waals surface area (Å²) in [5.41, 5.74) is 5.54. The number of carbonyl (C=O) groups is 2. The molecule has 0 spiro atoms. The normalized spacial score (nSPS) is 12.3. The Labute approximate surface area is 293 Å². The lowest BCUT2D eigenvalue weighted by atomic mass is 10.1. The van der Waals surface area contributed by atoms with Gasteiger partial charge < -0.3 is 25.4 Å². The van der Waals surface area contributed by atoms with E-state index in [-0.39, 0.29) is 24.0 Å². The van der Waals surface area contributed by atoms with Crippen LogP contribution in [0, 0.1) is 10.1 Å². The van der Waals surface area contributed by atoms with E-state index in [9.17, 15) is 19.7 Å². The maximum atomic E-state index is 12.4. The number of unbranched alkanes of at least 4 members (excludes halogenated alkanes) is 15. The van der Waals surface area contributed by atoms with Crippen LogP contribution in [-0.2, 0) is 19.1 Å². The van der Waals surface area contributed by atoms with Crippen molar-refractivity contribution in [2.24, 2.45) is 10.8 Å². The fraction of sp³-hybridized carbons (Fsp3) is 0.919. The number of rotatable bonds is 35. The van der Waals surface area contributed by atoms with E-state index >= 15 is 0 Å². The van der Waals surface area contributed by atoms with Crippen molar-refractivity contribution in [2.45, 2.75) is 187 Å². The first-order chi connectivity index (χ1) is 23.3. The fourth-order valence-corrected chi connectivity index (χ4v) is 5.77. The summed E-state index contributed by atoms with van der Waals surface area (Å²) in [6.45, 7) is 10.5. The molecule has 0 aliphatic carbocycles. The molecular formula is C37H73N5O6. The average Bonchev–Trinajstić information content (AvgIpc) is 3.05. The van der Waals surface area contributed by atoms with Gasteiger partial charge in [0.1, 0.15) is 11.2 Å². The van der Waals surface area contributed by atoms with Gasteiger partial charge >= 0.3 is 11.9 Å². The molecule has 282 valence electrons. The van der Waals surface area contributed by atoms with Crippen molar-refractivity contribution < 1.29 is 24.1 Å². The minimum Gasteiger partial charge on any atom is -0.466 e. The zero-order chi connectivity index (χ0) is 35.5. The Morgan fingerprint density at radius 3 is 1.81 bits per heavy atom. The number of carbonyl (C=O) groups excluding carboxylic acids is 2. The Morgan fingerprint density at radius 1 is 0.688 bits per heavy atom. The minimum absolute atomic E-state index is 0.0376. The molecule has 0 aliphatic rings. The second-order valence-electron chi connectivity index (χ2n) is 13.3. The lowest BCUT2D eigenvalue weighted by molar-refractivity contribution is -0.485. The second-order valence-corrected chi connectivity index (χ2v) is 13.3. The molecule has 0 amide bonds. The van der Waals surface area contributed by atoms with Crippen LogP contribution >= 0.6 is 0 Å². The van der Waals surface area contributed by atoms with Crippen molar-refractivity contribution in [3.63, 3.8) is 0 Å². The number of hydrogen-bond donors (Lipinski definition) is 2. The quantitative estimate of drug-likeness (QED) is 0.0167. The van der Waals surface area contributed by atoms with Crippen LogP contribution in [0.15, 0.2) is 5.10 Å². The van der Waals surface area contributed by atoms with Gasteiger partial charge in [0.05, 0.1) is 6.61 Å². The summed E-state index contributed by atoms with van der Waals surface area (Å²) in [5.74, 6) is -0.272. The van der Waals surface area contributed by atoms with E-state index < -0.39 is 5.03 Å². The highest BCUT2D eigenvalue weighted by Crippen LogP contribution is 2.16. The molecule has 0 aromatic carbocycles. The summed E-state index contributed by atoms with van der Waals surface area (Å²) in [6, 6.07) is 0. The van der Waals surface area contributed by atoms with Crippen LogP contribution in [0.5, 0.6) is 0 Å². The number of hydrazone groups is 1. The molecule has 11 heteroatoms. The molecule has 0 saturated heterocycles. The predicted molar refractivity (Wildman–Crippen MR) is 196 cm³/mol. The molecule has 3 N–H and O–H groups in total. The summed E-state index contributed by atoms with van der Waals surface area (Å²) in [6.07, 6.45) is 25.9. The van der Waals surface area contributed by atoms with Gasteiger partial charge in [0.25, 0.3) is 5.96 Å². The van der Waals surface area contributed by atoms with Crippen LogP contribution in [0.25, 0.3) is 0 Å². The SMILES string of the molecule is CCCCCCCOC(=O)CCCCCCCN(CCCCCCCC(=O)OC(CCCC)CCCCC)CCCN/C(N)=N/[N+](=O)[O-]. The highest BCUT2D eigenvalue weighted by atomic mass is 16.7. The number of hydrogen-bond acceptors (Lipinski definition) is 7. The first-order valence-corrected chi connectivity index (χ1v) is 19.6. The van der Waals surface area contributed by atoms with Gasteiger partial charge in [0, 0.05) is 19.4 Å². The highest BCUT2D eigenvalue weighted by Gasteiger charge is 2.14. The Balaban J connectivity index is 4.29. The second kappa shape index (κ2) is 34.4. The van der Waals surface area contributed by atoms with Crippen LogP contribution in [0.3, 0.4) is 0 Å². The molecule has 0 heterocycles. The topological polar surface area (TPSA) is 149 Å². The summed E-state index contributed by atoms with van der Waals surface area (Å²) in [4.78, 5) is 37.3. The molecular weight excluding hydrogens is 610 g/mol. The molecule has 48 heavy (non-hydrogen) atoms. The van der Waals surface area contributed by atoms with Crippen molar-refractivity contribution in [3.8, 4) is 0 Å². The molecule has 1 atom stereocenters. The van der Waals surface area contributed by atoms with Crippen molar-refractivity contribution in [1.29, 1.82) is 0 Å². The van der Waals surface area contributed by atoms with Crippen molar-refractivity contribution in [3.05, 3.63) is 10.1 Å². The van der Waals surface area contributed by atoms with Crippen molar-refractivity contribution in [1.82, 2.24) is 10.2 Å². The molecule has 0 fully saturated rings. The third-order valence-corrected chi connectivity index (χ3v) is 8.68. The molecule has 0 bridgehead atoms. The van der Waals surface area contributed by atoms with Crippen LogP contribution in [0.4, 0.5) is 0 Å². The number of nitrogens with zero attached hydrogens (tertiary/aromatic N) is 3. The molecule has 0 aromatic heterocycles. The van der Waals surface area contributed by atoms with Gasteiger partial charge in [-0.05, 0) is 77.4 Å². The molecule has 0 aromatic rings. The van der Waals surface area contributed by atoms with E-state index in [4.69, 9.17) is 15.2 Å². The Morgan fingerprint density at radius 2 is 1.19 bits per heavy atom. The van der Waals surface area contributed by atoms with E-state index in [1.54, 1.807) is 0 Å². The average molecular weight is 684 g/mol. The van der Waals surface area contributed by atoms with Crippen molar-refractivity contribution >= 4 is 17.9 Å². The largest absolute Gasteiger partial charge is 0.466 e. The first-order valence-electron chi connectivity index (χ1n) is 19.6. The van der Waals surface area contributed by atoms with Crippen LogP contribution in [0.2, 0.25) is 0 Å². The van der Waals surface area contributed by atoms with E-state index in [1.165, 1.54) is 32.1 Å². The molecule has 0 saturated carbocycles. The lowest BCUT2D eigenvalue weighted by Gasteiger charge is -2.22. The number of guanidine groups is 1. The predicted octanol–water partition coefficient (Wildman–Crippen LogP) is 8.65. The summed E-state index contributed by atoms with van der Waals surface area (Å²) < 4.78 is 11.2. The highest BCUT2D eigenvalue weighted by molar-refractivity contribution is 5.76. The lowest BCUT2D eigenvalue weighted by Crippen LogP contribution is -2.35. The molecule has 0 aliphatic heterocycles. The van der Waals surface area contributed by atoms with Gasteiger partial charge in [0.2, 0.25) is 0 Å². The van der Waals surface area contributed by atoms with Gasteiger partial charge in [-0.2, -0.15) is 0 Å². The van der Waals surface area contributed by atoms with Gasteiger partial charge in [0.15, 0.2) is 5.03 Å². The Kier molecular flexibility index (Phi) is 32.7. The molecule has 11 nitrogen and oxygen atoms in total. The van der Waals surface area contributed by atoms with Crippen LogP contribution in [0.1, 0.15) is 181 Å². The van der Waals surface area contributed by atoms with Gasteiger partial charge in [-0.25, -0.2) is 10.1 Å². The van der Waals surface area contributed by atoms with Crippen molar-refractivity contribution in [2.75, 3.05) is 32.8 Å². The standard InChI is InChI=1S/C37H73N5O6/c1-4-7-10-17-23-33-47-35(43)27-19-13-11-15-21-30-41(32-24-29-39-37(38)40-42(45)46)31-22-16-12-14-20-28-36(44)48-34(25-9-6-3)26-18-8-5-2/h34H,4-33H2,1-3H3,(H3,38,39,40). The maximum Gasteiger partial charge on any atom is 0.306 e. The van der Waals surface area contributed by atoms with Gasteiger partial charge in [-0.15, -0.1) is 0 Å². The smallest absolute Gasteiger partial charge is 0.306 e. The zero-order valence-corrected chi connectivity index (χ0v) is 31.2. The Bertz CT molecular complexity index is 813. The number of esters is 2.